The molecule has 0 fully saturated rings. The van der Waals surface area contributed by atoms with Gasteiger partial charge in [0.2, 0.25) is 0 Å². The largest absolute Gasteiger partial charge is 0.366 e. The Morgan fingerprint density at radius 3 is 2.86 bits per heavy atom. The molecule has 0 radical (unpaired) electrons. The highest BCUT2D eigenvalue weighted by atomic mass is 127. The van der Waals surface area contributed by atoms with E-state index >= 15 is 0 Å². The number of nitrogens with one attached hydrogen (secondary N) is 1. The lowest BCUT2D eigenvalue weighted by Crippen LogP contribution is -2.27. The van der Waals surface area contributed by atoms with Gasteiger partial charge in [0.15, 0.2) is 0 Å². The highest BCUT2D eigenvalue weighted by Gasteiger charge is 2.14. The van der Waals surface area contributed by atoms with Crippen molar-refractivity contribution in [1.82, 2.24) is 5.32 Å². The van der Waals surface area contributed by atoms with E-state index in [0.29, 0.717) is 6.04 Å². The van der Waals surface area contributed by atoms with Crippen molar-refractivity contribution < 1.29 is 0 Å². The molecule has 1 aliphatic heterocycles. The summed E-state index contributed by atoms with van der Waals surface area (Å²) in [4.78, 5) is 4.45. The summed E-state index contributed by atoms with van der Waals surface area (Å²) < 4.78 is 2.32. The lowest BCUT2D eigenvalue weighted by molar-refractivity contribution is 0.726. The Kier molecular flexibility index (Phi) is 3.11. The average Bonchev–Trinajstić information content (AvgIpc) is 2.50. The van der Waals surface area contributed by atoms with Crippen LogP contribution in [0.1, 0.15) is 12.5 Å². The highest BCUT2D eigenvalue weighted by molar-refractivity contribution is 14.1. The molecule has 1 unspecified atom stereocenters. The molecule has 1 aromatic carbocycles. The number of halogens is 2. The van der Waals surface area contributed by atoms with Crippen LogP contribution in [0, 0.1) is 3.57 Å². The van der Waals surface area contributed by atoms with Crippen molar-refractivity contribution in [1.29, 1.82) is 0 Å². The van der Waals surface area contributed by atoms with Crippen molar-refractivity contribution in [3.8, 4) is 0 Å². The maximum Gasteiger partial charge on any atom is 0.128 e. The van der Waals surface area contributed by atoms with Crippen molar-refractivity contribution in [3.63, 3.8) is 0 Å². The zero-order chi connectivity index (χ0) is 10.1. The minimum atomic E-state index is 0.460. The smallest absolute Gasteiger partial charge is 0.128 e. The number of aliphatic imine (C=N–C) groups is 1. The third-order valence-electron chi connectivity index (χ3n) is 2.04. The van der Waals surface area contributed by atoms with E-state index in [0.717, 1.165) is 22.4 Å². The summed E-state index contributed by atoms with van der Waals surface area (Å²) >= 11 is 5.80. The lowest BCUT2D eigenvalue weighted by atomic mass is 10.2. The van der Waals surface area contributed by atoms with Gasteiger partial charge in [0.25, 0.3) is 0 Å². The van der Waals surface area contributed by atoms with Crippen LogP contribution < -0.4 is 5.32 Å². The summed E-state index contributed by atoms with van der Waals surface area (Å²) in [6.45, 7) is 3.01. The molecule has 2 nitrogen and oxygen atoms in total. The monoisotopic (exact) mass is 364 g/mol. The molecule has 14 heavy (non-hydrogen) atoms. The maximum absolute atomic E-state index is 4.45. The first kappa shape index (κ1) is 10.4. The fraction of sp³-hybridized carbons (Fsp3) is 0.300. The lowest BCUT2D eigenvalue weighted by Gasteiger charge is -2.06. The van der Waals surface area contributed by atoms with Gasteiger partial charge in [-0.1, -0.05) is 15.9 Å². The van der Waals surface area contributed by atoms with Gasteiger partial charge in [0.05, 0.1) is 6.54 Å². The van der Waals surface area contributed by atoms with Gasteiger partial charge in [-0.2, -0.15) is 0 Å². The quantitative estimate of drug-likeness (QED) is 0.761. The first-order valence-electron chi connectivity index (χ1n) is 4.42. The number of amidine groups is 1. The van der Waals surface area contributed by atoms with Gasteiger partial charge in [-0.25, -0.2) is 0 Å². The summed E-state index contributed by atoms with van der Waals surface area (Å²) in [5.74, 6) is 1.01. The second kappa shape index (κ2) is 4.18. The SMILES string of the molecule is CC1CN=C(c2cc(Br)cc(I)c2)N1. The predicted molar refractivity (Wildman–Crippen MR) is 70.9 cm³/mol. The molecule has 1 heterocycles. The standard InChI is InChI=1S/C10H10BrIN2/c1-6-5-13-10(14-6)7-2-8(11)4-9(12)3-7/h2-4,6H,5H2,1H3,(H,13,14). The van der Waals surface area contributed by atoms with Crippen molar-refractivity contribution in [3.05, 3.63) is 31.8 Å². The van der Waals surface area contributed by atoms with Crippen LogP contribution in [-0.4, -0.2) is 18.4 Å². The number of benzene rings is 1. The van der Waals surface area contributed by atoms with E-state index in [2.05, 4.69) is 74.0 Å². The molecule has 0 saturated heterocycles. The Morgan fingerprint density at radius 2 is 2.29 bits per heavy atom. The summed E-state index contributed by atoms with van der Waals surface area (Å²) in [6.07, 6.45) is 0. The molecule has 1 atom stereocenters. The van der Waals surface area contributed by atoms with Gasteiger partial charge in [0.1, 0.15) is 5.84 Å². The summed E-state index contributed by atoms with van der Waals surface area (Å²) in [6, 6.07) is 6.77. The molecule has 0 bridgehead atoms. The Hall–Kier alpha value is -0.100. The molecule has 0 spiro atoms. The first-order chi connectivity index (χ1) is 6.65. The summed E-state index contributed by atoms with van der Waals surface area (Å²) in [5, 5.41) is 3.35. The zero-order valence-corrected chi connectivity index (χ0v) is 11.5. The molecular formula is C10H10BrIN2. The van der Waals surface area contributed by atoms with Crippen LogP contribution in [0.15, 0.2) is 27.7 Å². The normalized spacial score (nSPS) is 20.5. The third kappa shape index (κ3) is 2.28. The Balaban J connectivity index is 2.33. The van der Waals surface area contributed by atoms with E-state index in [1.165, 1.54) is 3.57 Å². The molecule has 2 rings (SSSR count). The second-order valence-corrected chi connectivity index (χ2v) is 5.55. The van der Waals surface area contributed by atoms with Gasteiger partial charge in [-0.05, 0) is 47.7 Å². The zero-order valence-electron chi connectivity index (χ0n) is 7.72. The van der Waals surface area contributed by atoms with Crippen molar-refractivity contribution in [2.75, 3.05) is 6.54 Å². The number of hydrogen-bond donors (Lipinski definition) is 1. The Bertz CT molecular complexity index is 369. The van der Waals surface area contributed by atoms with E-state index in [4.69, 9.17) is 0 Å². The molecular weight excluding hydrogens is 355 g/mol. The molecule has 4 heteroatoms. The molecule has 74 valence electrons. The second-order valence-electron chi connectivity index (χ2n) is 3.39. The highest BCUT2D eigenvalue weighted by Crippen LogP contribution is 2.18. The van der Waals surface area contributed by atoms with Crippen LogP contribution in [0.2, 0.25) is 0 Å². The Labute approximate surface area is 105 Å². The van der Waals surface area contributed by atoms with Gasteiger partial charge in [0, 0.05) is 19.6 Å². The molecule has 1 N–H and O–H groups in total. The fourth-order valence-electron chi connectivity index (χ4n) is 1.42. The molecule has 0 aliphatic carbocycles. The van der Waals surface area contributed by atoms with Crippen molar-refractivity contribution in [2.24, 2.45) is 4.99 Å². The minimum Gasteiger partial charge on any atom is -0.366 e. The summed E-state index contributed by atoms with van der Waals surface area (Å²) in [7, 11) is 0. The molecule has 0 aromatic heterocycles. The van der Waals surface area contributed by atoms with E-state index in [9.17, 15) is 0 Å². The van der Waals surface area contributed by atoms with Crippen molar-refractivity contribution in [2.45, 2.75) is 13.0 Å². The molecule has 1 aliphatic rings. The van der Waals surface area contributed by atoms with Gasteiger partial charge in [-0.3, -0.25) is 4.99 Å². The third-order valence-corrected chi connectivity index (χ3v) is 3.12. The van der Waals surface area contributed by atoms with Gasteiger partial charge >= 0.3 is 0 Å². The maximum atomic E-state index is 4.45. The van der Waals surface area contributed by atoms with Crippen LogP contribution in [0.3, 0.4) is 0 Å². The molecule has 0 saturated carbocycles. The fourth-order valence-corrected chi connectivity index (χ4v) is 3.01. The minimum absolute atomic E-state index is 0.460. The predicted octanol–water partition coefficient (Wildman–Crippen LogP) is 2.79. The summed E-state index contributed by atoms with van der Waals surface area (Å²) in [5.41, 5.74) is 1.16. The first-order valence-corrected chi connectivity index (χ1v) is 6.30. The van der Waals surface area contributed by atoms with E-state index in [1.807, 2.05) is 0 Å². The number of hydrogen-bond acceptors (Lipinski definition) is 2. The van der Waals surface area contributed by atoms with Crippen LogP contribution in [0.5, 0.6) is 0 Å². The Morgan fingerprint density at radius 1 is 1.50 bits per heavy atom. The van der Waals surface area contributed by atoms with Crippen molar-refractivity contribution >= 4 is 44.4 Å². The van der Waals surface area contributed by atoms with Crippen LogP contribution >= 0.6 is 38.5 Å². The van der Waals surface area contributed by atoms with Gasteiger partial charge in [-0.15, -0.1) is 0 Å². The number of rotatable bonds is 1. The van der Waals surface area contributed by atoms with Gasteiger partial charge < -0.3 is 5.32 Å². The van der Waals surface area contributed by atoms with Crippen LogP contribution in [0.25, 0.3) is 0 Å². The average molecular weight is 365 g/mol. The topological polar surface area (TPSA) is 24.4 Å². The van der Waals surface area contributed by atoms with E-state index < -0.39 is 0 Å². The van der Waals surface area contributed by atoms with E-state index in [1.54, 1.807) is 0 Å². The van der Waals surface area contributed by atoms with Crippen LogP contribution in [0.4, 0.5) is 0 Å². The van der Waals surface area contributed by atoms with Crippen LogP contribution in [-0.2, 0) is 0 Å². The number of nitrogens with zero attached hydrogens (tertiary/aromatic N) is 1. The van der Waals surface area contributed by atoms with E-state index in [-0.39, 0.29) is 0 Å². The molecule has 1 aromatic rings. The molecule has 0 amide bonds.